The van der Waals surface area contributed by atoms with E-state index in [1.165, 1.54) is 0 Å². The maximum atomic E-state index is 11.3. The van der Waals surface area contributed by atoms with Crippen LogP contribution < -0.4 is 10.6 Å². The molecule has 0 fully saturated rings. The van der Waals surface area contributed by atoms with Crippen molar-refractivity contribution in [1.82, 2.24) is 10.6 Å². The number of carbonyl (C=O) groups excluding carboxylic acids is 1. The zero-order chi connectivity index (χ0) is 12.8. The highest BCUT2D eigenvalue weighted by atomic mass is 16.4. The molecule has 17 heavy (non-hydrogen) atoms. The van der Waals surface area contributed by atoms with Crippen molar-refractivity contribution in [3.8, 4) is 0 Å². The van der Waals surface area contributed by atoms with Gasteiger partial charge in [-0.25, -0.2) is 4.79 Å². The van der Waals surface area contributed by atoms with E-state index < -0.39 is 12.0 Å². The third-order valence-electron chi connectivity index (χ3n) is 2.47. The van der Waals surface area contributed by atoms with E-state index in [2.05, 4.69) is 10.6 Å². The van der Waals surface area contributed by atoms with Crippen LogP contribution in [0.25, 0.3) is 0 Å². The molecule has 92 valence electrons. The first-order valence-corrected chi connectivity index (χ1v) is 5.29. The van der Waals surface area contributed by atoms with Gasteiger partial charge in [-0.3, -0.25) is 4.79 Å². The Morgan fingerprint density at radius 2 is 1.76 bits per heavy atom. The van der Waals surface area contributed by atoms with Gasteiger partial charge < -0.3 is 15.7 Å². The van der Waals surface area contributed by atoms with E-state index in [4.69, 9.17) is 5.11 Å². The molecule has 0 saturated carbocycles. The first-order chi connectivity index (χ1) is 8.00. The van der Waals surface area contributed by atoms with Crippen molar-refractivity contribution < 1.29 is 14.7 Å². The Morgan fingerprint density at radius 3 is 2.29 bits per heavy atom. The van der Waals surface area contributed by atoms with Crippen LogP contribution in [0.5, 0.6) is 0 Å². The van der Waals surface area contributed by atoms with Gasteiger partial charge in [-0.15, -0.1) is 0 Å². The minimum absolute atomic E-state index is 0.376. The Kier molecular flexibility index (Phi) is 4.51. The van der Waals surface area contributed by atoms with Gasteiger partial charge in [0.2, 0.25) is 0 Å². The highest BCUT2D eigenvalue weighted by Crippen LogP contribution is 2.12. The SMILES string of the molecule is Cc1cccc(C)c1CNC(=O)NCC(=O)O. The number of hydrogen-bond acceptors (Lipinski definition) is 2. The number of rotatable bonds is 4. The first kappa shape index (κ1) is 13.0. The quantitative estimate of drug-likeness (QED) is 0.734. The Morgan fingerprint density at radius 1 is 1.18 bits per heavy atom. The van der Waals surface area contributed by atoms with Crippen LogP contribution in [0.3, 0.4) is 0 Å². The fourth-order valence-electron chi connectivity index (χ4n) is 1.51. The van der Waals surface area contributed by atoms with Crippen LogP contribution in [0.15, 0.2) is 18.2 Å². The maximum Gasteiger partial charge on any atom is 0.323 e. The fraction of sp³-hybridized carbons (Fsp3) is 0.333. The number of nitrogens with one attached hydrogen (secondary N) is 2. The van der Waals surface area contributed by atoms with Crippen molar-refractivity contribution in [1.29, 1.82) is 0 Å². The number of urea groups is 1. The van der Waals surface area contributed by atoms with E-state index in [1.807, 2.05) is 32.0 Å². The van der Waals surface area contributed by atoms with Gasteiger partial charge in [-0.2, -0.15) is 0 Å². The molecular formula is C12H16N2O3. The molecule has 0 aromatic heterocycles. The third kappa shape index (κ3) is 4.14. The highest BCUT2D eigenvalue weighted by Gasteiger charge is 2.05. The lowest BCUT2D eigenvalue weighted by Gasteiger charge is -2.11. The van der Waals surface area contributed by atoms with Crippen LogP contribution >= 0.6 is 0 Å². The molecule has 0 spiro atoms. The maximum absolute atomic E-state index is 11.3. The summed E-state index contributed by atoms with van der Waals surface area (Å²) in [7, 11) is 0. The molecule has 3 N–H and O–H groups in total. The summed E-state index contributed by atoms with van der Waals surface area (Å²) in [5, 5.41) is 13.3. The molecule has 1 aromatic rings. The number of aryl methyl sites for hydroxylation is 2. The monoisotopic (exact) mass is 236 g/mol. The van der Waals surface area contributed by atoms with E-state index >= 15 is 0 Å². The minimum atomic E-state index is -1.06. The van der Waals surface area contributed by atoms with Crippen LogP contribution in [0.1, 0.15) is 16.7 Å². The molecule has 0 unspecified atom stereocenters. The molecule has 0 aliphatic carbocycles. The zero-order valence-corrected chi connectivity index (χ0v) is 9.91. The number of carboxylic acid groups (broad SMARTS) is 1. The van der Waals surface area contributed by atoms with Gasteiger partial charge in [0.05, 0.1) is 0 Å². The summed E-state index contributed by atoms with van der Waals surface area (Å²) in [6.07, 6.45) is 0. The summed E-state index contributed by atoms with van der Waals surface area (Å²) in [6, 6.07) is 5.42. The summed E-state index contributed by atoms with van der Waals surface area (Å²) < 4.78 is 0. The summed E-state index contributed by atoms with van der Waals surface area (Å²) in [5.74, 6) is -1.06. The Bertz CT molecular complexity index is 410. The van der Waals surface area contributed by atoms with Crippen molar-refractivity contribution in [3.05, 3.63) is 34.9 Å². The van der Waals surface area contributed by atoms with Gasteiger partial charge in [-0.1, -0.05) is 18.2 Å². The van der Waals surface area contributed by atoms with E-state index in [9.17, 15) is 9.59 Å². The lowest BCUT2D eigenvalue weighted by Crippen LogP contribution is -2.38. The number of benzene rings is 1. The molecule has 0 aliphatic rings. The summed E-state index contributed by atoms with van der Waals surface area (Å²) in [4.78, 5) is 21.5. The zero-order valence-electron chi connectivity index (χ0n) is 9.91. The Hall–Kier alpha value is -2.04. The third-order valence-corrected chi connectivity index (χ3v) is 2.47. The van der Waals surface area contributed by atoms with Gasteiger partial charge in [-0.05, 0) is 30.5 Å². The average Bonchev–Trinajstić information content (AvgIpc) is 2.25. The predicted octanol–water partition coefficient (Wildman–Crippen LogP) is 1.19. The lowest BCUT2D eigenvalue weighted by molar-refractivity contribution is -0.135. The van der Waals surface area contributed by atoms with E-state index in [-0.39, 0.29) is 6.54 Å². The number of carbonyl (C=O) groups is 2. The van der Waals surface area contributed by atoms with Crippen LogP contribution in [0, 0.1) is 13.8 Å². The molecule has 0 heterocycles. The van der Waals surface area contributed by atoms with Crippen molar-refractivity contribution >= 4 is 12.0 Å². The number of carboxylic acids is 1. The van der Waals surface area contributed by atoms with Crippen LogP contribution in [-0.2, 0) is 11.3 Å². The number of hydrogen-bond donors (Lipinski definition) is 3. The number of aliphatic carboxylic acids is 1. The van der Waals surface area contributed by atoms with Gasteiger partial charge in [0, 0.05) is 6.54 Å². The Balaban J connectivity index is 2.50. The topological polar surface area (TPSA) is 78.4 Å². The first-order valence-electron chi connectivity index (χ1n) is 5.29. The highest BCUT2D eigenvalue weighted by molar-refractivity contribution is 5.79. The van der Waals surface area contributed by atoms with Crippen molar-refractivity contribution in [2.45, 2.75) is 20.4 Å². The number of amides is 2. The second-order valence-electron chi connectivity index (χ2n) is 3.80. The fourth-order valence-corrected chi connectivity index (χ4v) is 1.51. The molecule has 1 rings (SSSR count). The largest absolute Gasteiger partial charge is 0.480 e. The van der Waals surface area contributed by atoms with Crippen LogP contribution in [-0.4, -0.2) is 23.7 Å². The van der Waals surface area contributed by atoms with Crippen molar-refractivity contribution in [2.24, 2.45) is 0 Å². The van der Waals surface area contributed by atoms with Gasteiger partial charge in [0.25, 0.3) is 0 Å². The van der Waals surface area contributed by atoms with Crippen LogP contribution in [0.4, 0.5) is 4.79 Å². The molecule has 0 aliphatic heterocycles. The van der Waals surface area contributed by atoms with Gasteiger partial charge in [0.1, 0.15) is 6.54 Å². The second kappa shape index (κ2) is 5.89. The molecule has 0 saturated heterocycles. The summed E-state index contributed by atoms with van der Waals surface area (Å²) in [6.45, 7) is 3.96. The van der Waals surface area contributed by atoms with E-state index in [0.29, 0.717) is 6.54 Å². The molecule has 1 aromatic carbocycles. The van der Waals surface area contributed by atoms with Crippen molar-refractivity contribution in [2.75, 3.05) is 6.54 Å². The smallest absolute Gasteiger partial charge is 0.323 e. The van der Waals surface area contributed by atoms with Crippen molar-refractivity contribution in [3.63, 3.8) is 0 Å². The molecule has 0 atom stereocenters. The molecule has 2 amide bonds. The molecule has 0 radical (unpaired) electrons. The lowest BCUT2D eigenvalue weighted by atomic mass is 10.0. The molecular weight excluding hydrogens is 220 g/mol. The molecule has 5 heteroatoms. The van der Waals surface area contributed by atoms with Gasteiger partial charge >= 0.3 is 12.0 Å². The predicted molar refractivity (Wildman–Crippen MR) is 63.8 cm³/mol. The average molecular weight is 236 g/mol. The van der Waals surface area contributed by atoms with Crippen LogP contribution in [0.2, 0.25) is 0 Å². The molecule has 0 bridgehead atoms. The van der Waals surface area contributed by atoms with E-state index in [0.717, 1.165) is 16.7 Å². The molecule has 5 nitrogen and oxygen atoms in total. The summed E-state index contributed by atoms with van der Waals surface area (Å²) in [5.41, 5.74) is 3.25. The summed E-state index contributed by atoms with van der Waals surface area (Å²) >= 11 is 0. The minimum Gasteiger partial charge on any atom is -0.480 e. The van der Waals surface area contributed by atoms with Gasteiger partial charge in [0.15, 0.2) is 0 Å². The normalized spacial score (nSPS) is 9.76. The Labute approximate surface area is 99.8 Å². The second-order valence-corrected chi connectivity index (χ2v) is 3.80. The van der Waals surface area contributed by atoms with E-state index in [1.54, 1.807) is 0 Å². The standard InChI is InChI=1S/C12H16N2O3/c1-8-4-3-5-9(2)10(8)6-13-12(17)14-7-11(15)16/h3-5H,6-7H2,1-2H3,(H,15,16)(H2,13,14,17).